The summed E-state index contributed by atoms with van der Waals surface area (Å²) in [5.41, 5.74) is 2.19. The molecule has 0 aliphatic carbocycles. The molecule has 2 aromatic rings. The van der Waals surface area contributed by atoms with Crippen LogP contribution in [0.3, 0.4) is 0 Å². The minimum Gasteiger partial charge on any atom is -0.368 e. The fourth-order valence-corrected chi connectivity index (χ4v) is 2.69. The van der Waals surface area contributed by atoms with E-state index in [1.165, 1.54) is 12.8 Å². The topological polar surface area (TPSA) is 54.2 Å². The first-order valence-electron chi connectivity index (χ1n) is 7.53. The molecule has 1 aliphatic rings. The van der Waals surface area contributed by atoms with Crippen molar-refractivity contribution < 1.29 is 0 Å². The average molecular weight is 273 g/mol. The SMILES string of the molecule is CC(C)c1cc2c(NCC3CCNCC3)nccn2n1. The molecule has 5 heteroatoms. The van der Waals surface area contributed by atoms with Crippen molar-refractivity contribution in [3.8, 4) is 0 Å². The Balaban J connectivity index is 1.76. The van der Waals surface area contributed by atoms with E-state index in [1.54, 1.807) is 0 Å². The lowest BCUT2D eigenvalue weighted by atomic mass is 9.98. The van der Waals surface area contributed by atoms with Crippen LogP contribution >= 0.6 is 0 Å². The number of fused-ring (bicyclic) bond motifs is 1. The van der Waals surface area contributed by atoms with Gasteiger partial charge in [-0.3, -0.25) is 0 Å². The molecule has 0 bridgehead atoms. The van der Waals surface area contributed by atoms with Gasteiger partial charge in [-0.1, -0.05) is 13.8 Å². The molecule has 3 rings (SSSR count). The molecule has 0 atom stereocenters. The number of nitrogens with zero attached hydrogens (tertiary/aromatic N) is 3. The summed E-state index contributed by atoms with van der Waals surface area (Å²) in [6, 6.07) is 2.14. The normalized spacial score (nSPS) is 16.9. The lowest BCUT2D eigenvalue weighted by Gasteiger charge is -2.23. The Hall–Kier alpha value is -1.62. The Labute approximate surface area is 119 Å². The van der Waals surface area contributed by atoms with E-state index in [-0.39, 0.29) is 0 Å². The number of piperidine rings is 1. The molecule has 0 spiro atoms. The number of aromatic nitrogens is 3. The maximum Gasteiger partial charge on any atom is 0.152 e. The first-order chi connectivity index (χ1) is 9.74. The Kier molecular flexibility index (Phi) is 3.87. The van der Waals surface area contributed by atoms with Crippen LogP contribution in [0.1, 0.15) is 38.3 Å². The minimum atomic E-state index is 0.437. The molecule has 2 N–H and O–H groups in total. The lowest BCUT2D eigenvalue weighted by molar-refractivity contribution is 0.389. The number of hydrogen-bond donors (Lipinski definition) is 2. The third kappa shape index (κ3) is 2.77. The zero-order chi connectivity index (χ0) is 13.9. The first-order valence-corrected chi connectivity index (χ1v) is 7.53. The number of nitrogens with one attached hydrogen (secondary N) is 2. The van der Waals surface area contributed by atoms with Crippen molar-refractivity contribution in [1.29, 1.82) is 0 Å². The van der Waals surface area contributed by atoms with Gasteiger partial charge in [0.05, 0.1) is 5.69 Å². The third-order valence-corrected chi connectivity index (χ3v) is 4.02. The monoisotopic (exact) mass is 273 g/mol. The van der Waals surface area contributed by atoms with Crippen LogP contribution in [-0.4, -0.2) is 34.2 Å². The van der Waals surface area contributed by atoms with E-state index in [2.05, 4.69) is 40.6 Å². The van der Waals surface area contributed by atoms with Gasteiger partial charge in [0, 0.05) is 18.9 Å². The zero-order valence-electron chi connectivity index (χ0n) is 12.3. The van der Waals surface area contributed by atoms with Crippen molar-refractivity contribution in [2.24, 2.45) is 5.92 Å². The van der Waals surface area contributed by atoms with E-state index in [0.29, 0.717) is 5.92 Å². The Bertz CT molecular complexity index is 569. The van der Waals surface area contributed by atoms with Gasteiger partial charge >= 0.3 is 0 Å². The molecule has 0 aromatic carbocycles. The second-order valence-electron chi connectivity index (χ2n) is 5.90. The highest BCUT2D eigenvalue weighted by molar-refractivity contribution is 5.67. The largest absolute Gasteiger partial charge is 0.368 e. The number of hydrogen-bond acceptors (Lipinski definition) is 4. The summed E-state index contributed by atoms with van der Waals surface area (Å²) in [6.07, 6.45) is 6.21. The number of rotatable bonds is 4. The number of anilines is 1. The Morgan fingerprint density at radius 1 is 1.40 bits per heavy atom. The zero-order valence-corrected chi connectivity index (χ0v) is 12.3. The molecule has 0 radical (unpaired) electrons. The summed E-state index contributed by atoms with van der Waals surface area (Å²) in [5.74, 6) is 2.13. The predicted octanol–water partition coefficient (Wildman–Crippen LogP) is 2.26. The Morgan fingerprint density at radius 3 is 2.95 bits per heavy atom. The van der Waals surface area contributed by atoms with Crippen molar-refractivity contribution in [2.45, 2.75) is 32.6 Å². The van der Waals surface area contributed by atoms with E-state index in [1.807, 2.05) is 16.9 Å². The summed E-state index contributed by atoms with van der Waals surface area (Å²) in [5, 5.41) is 11.5. The van der Waals surface area contributed by atoms with E-state index >= 15 is 0 Å². The van der Waals surface area contributed by atoms with Crippen LogP contribution in [0.25, 0.3) is 5.52 Å². The Morgan fingerprint density at radius 2 is 2.20 bits per heavy atom. The van der Waals surface area contributed by atoms with Gasteiger partial charge in [-0.2, -0.15) is 5.10 Å². The van der Waals surface area contributed by atoms with Crippen LogP contribution in [0.4, 0.5) is 5.82 Å². The molecule has 2 aromatic heterocycles. The van der Waals surface area contributed by atoms with E-state index in [9.17, 15) is 0 Å². The van der Waals surface area contributed by atoms with Gasteiger partial charge in [-0.15, -0.1) is 0 Å². The summed E-state index contributed by atoms with van der Waals surface area (Å²) >= 11 is 0. The van der Waals surface area contributed by atoms with Gasteiger partial charge in [0.2, 0.25) is 0 Å². The van der Waals surface area contributed by atoms with Crippen molar-refractivity contribution >= 4 is 11.3 Å². The fraction of sp³-hybridized carbons (Fsp3) is 0.600. The molecule has 1 fully saturated rings. The van der Waals surface area contributed by atoms with E-state index in [0.717, 1.165) is 42.6 Å². The molecular weight excluding hydrogens is 250 g/mol. The maximum atomic E-state index is 4.59. The van der Waals surface area contributed by atoms with Crippen LogP contribution in [0.5, 0.6) is 0 Å². The molecule has 1 saturated heterocycles. The van der Waals surface area contributed by atoms with Crippen LogP contribution in [0.15, 0.2) is 18.5 Å². The summed E-state index contributed by atoms with van der Waals surface area (Å²) in [7, 11) is 0. The third-order valence-electron chi connectivity index (χ3n) is 4.02. The second kappa shape index (κ2) is 5.79. The molecule has 3 heterocycles. The maximum absolute atomic E-state index is 4.59. The van der Waals surface area contributed by atoms with Gasteiger partial charge in [0.15, 0.2) is 5.82 Å². The van der Waals surface area contributed by atoms with Crippen molar-refractivity contribution in [2.75, 3.05) is 25.0 Å². The molecule has 108 valence electrons. The van der Waals surface area contributed by atoms with Gasteiger partial charge in [0.25, 0.3) is 0 Å². The van der Waals surface area contributed by atoms with Gasteiger partial charge in [-0.25, -0.2) is 9.50 Å². The smallest absolute Gasteiger partial charge is 0.152 e. The molecule has 1 aliphatic heterocycles. The van der Waals surface area contributed by atoms with Gasteiger partial charge in [0.1, 0.15) is 5.52 Å². The highest BCUT2D eigenvalue weighted by Gasteiger charge is 2.14. The molecule has 0 unspecified atom stereocenters. The fourth-order valence-electron chi connectivity index (χ4n) is 2.69. The van der Waals surface area contributed by atoms with Gasteiger partial charge in [-0.05, 0) is 43.8 Å². The van der Waals surface area contributed by atoms with Crippen molar-refractivity contribution in [3.63, 3.8) is 0 Å². The molecule has 0 saturated carbocycles. The first kappa shape index (κ1) is 13.4. The van der Waals surface area contributed by atoms with Gasteiger partial charge < -0.3 is 10.6 Å². The standard InChI is InChI=1S/C15H23N5/c1-11(2)13-9-14-15(17-7-8-20(14)19-13)18-10-12-3-5-16-6-4-12/h7-9,11-12,16H,3-6,10H2,1-2H3,(H,17,18). The average Bonchev–Trinajstić information content (AvgIpc) is 2.91. The highest BCUT2D eigenvalue weighted by atomic mass is 15.2. The molecule has 5 nitrogen and oxygen atoms in total. The van der Waals surface area contributed by atoms with Crippen LogP contribution in [0.2, 0.25) is 0 Å². The summed E-state index contributed by atoms with van der Waals surface area (Å²) in [6.45, 7) is 7.59. The van der Waals surface area contributed by atoms with Crippen molar-refractivity contribution in [1.82, 2.24) is 19.9 Å². The lowest BCUT2D eigenvalue weighted by Crippen LogP contribution is -2.31. The highest BCUT2D eigenvalue weighted by Crippen LogP contribution is 2.21. The summed E-state index contributed by atoms with van der Waals surface area (Å²) < 4.78 is 1.92. The van der Waals surface area contributed by atoms with E-state index in [4.69, 9.17) is 0 Å². The predicted molar refractivity (Wildman–Crippen MR) is 81.2 cm³/mol. The molecular formula is C15H23N5. The quantitative estimate of drug-likeness (QED) is 0.897. The van der Waals surface area contributed by atoms with Crippen molar-refractivity contribution in [3.05, 3.63) is 24.2 Å². The van der Waals surface area contributed by atoms with Crippen LogP contribution in [0, 0.1) is 5.92 Å². The second-order valence-corrected chi connectivity index (χ2v) is 5.90. The van der Waals surface area contributed by atoms with Crippen LogP contribution < -0.4 is 10.6 Å². The van der Waals surface area contributed by atoms with Crippen LogP contribution in [-0.2, 0) is 0 Å². The summed E-state index contributed by atoms with van der Waals surface area (Å²) in [4.78, 5) is 4.48. The molecule has 0 amide bonds. The van der Waals surface area contributed by atoms with E-state index < -0.39 is 0 Å². The molecule has 20 heavy (non-hydrogen) atoms. The minimum absolute atomic E-state index is 0.437.